The summed E-state index contributed by atoms with van der Waals surface area (Å²) in [6, 6.07) is 25.5. The van der Waals surface area contributed by atoms with Crippen molar-refractivity contribution in [3.05, 3.63) is 113 Å². The molecule has 0 aliphatic rings. The molecule has 5 rings (SSSR count). The fourth-order valence-electron chi connectivity index (χ4n) is 4.69. The highest BCUT2D eigenvalue weighted by molar-refractivity contribution is 6.12. The van der Waals surface area contributed by atoms with Crippen molar-refractivity contribution in [3.63, 3.8) is 0 Å². The van der Waals surface area contributed by atoms with Crippen LogP contribution in [0.4, 0.5) is 13.2 Å². The number of hydrogen-bond donors (Lipinski definition) is 2. The van der Waals surface area contributed by atoms with E-state index < -0.39 is 17.3 Å². The molecule has 0 saturated carbocycles. The fourth-order valence-corrected chi connectivity index (χ4v) is 4.69. The predicted molar refractivity (Wildman–Crippen MR) is 139 cm³/mol. The van der Waals surface area contributed by atoms with Gasteiger partial charge in [0.25, 0.3) is 5.91 Å². The van der Waals surface area contributed by atoms with Gasteiger partial charge >= 0.3 is 6.18 Å². The van der Waals surface area contributed by atoms with E-state index in [0.29, 0.717) is 11.3 Å². The second-order valence-electron chi connectivity index (χ2n) is 9.44. The van der Waals surface area contributed by atoms with Crippen LogP contribution in [0.25, 0.3) is 27.5 Å². The molecular weight excluding hydrogens is 477 g/mol. The van der Waals surface area contributed by atoms with Gasteiger partial charge in [0.15, 0.2) is 0 Å². The molecule has 4 nitrogen and oxygen atoms in total. The number of hydrogen-bond acceptors (Lipinski definition) is 2. The minimum Gasteiger partial charge on any atom is -0.394 e. The van der Waals surface area contributed by atoms with Crippen molar-refractivity contribution in [2.45, 2.75) is 25.6 Å². The lowest BCUT2D eigenvalue weighted by Gasteiger charge is -2.29. The zero-order valence-electron chi connectivity index (χ0n) is 20.3. The highest BCUT2D eigenvalue weighted by Gasteiger charge is 2.30. The molecule has 0 aliphatic heterocycles. The second kappa shape index (κ2) is 9.09. The van der Waals surface area contributed by atoms with Crippen molar-refractivity contribution >= 4 is 27.7 Å². The number of aromatic nitrogens is 1. The highest BCUT2D eigenvalue weighted by atomic mass is 19.4. The first-order valence-electron chi connectivity index (χ1n) is 11.8. The first-order chi connectivity index (χ1) is 17.6. The zero-order chi connectivity index (χ0) is 26.4. The number of aliphatic hydroxyl groups excluding tert-OH is 1. The Morgan fingerprint density at radius 3 is 2.08 bits per heavy atom. The number of carbonyl (C=O) groups excluding carboxylic acids is 1. The van der Waals surface area contributed by atoms with E-state index in [0.717, 1.165) is 45.1 Å². The van der Waals surface area contributed by atoms with E-state index in [1.807, 2.05) is 60.0 Å². The minimum atomic E-state index is -4.42. The van der Waals surface area contributed by atoms with Crippen molar-refractivity contribution in [2.24, 2.45) is 0 Å². The number of benzene rings is 4. The quantitative estimate of drug-likeness (QED) is 0.279. The SMILES string of the molecule is Cc1ccc2c(c1)c1cc(C(=O)NC(C)(CO)c3ccccc3)ccc1n2-c1ccc(C(F)(F)F)cc1. The molecule has 0 bridgehead atoms. The largest absolute Gasteiger partial charge is 0.416 e. The van der Waals surface area contributed by atoms with Gasteiger partial charge in [0.2, 0.25) is 0 Å². The first kappa shape index (κ1) is 24.6. The number of carbonyl (C=O) groups is 1. The summed E-state index contributed by atoms with van der Waals surface area (Å²) in [5.74, 6) is -0.342. The van der Waals surface area contributed by atoms with E-state index in [2.05, 4.69) is 5.32 Å². The molecule has 1 atom stereocenters. The molecule has 7 heteroatoms. The van der Waals surface area contributed by atoms with Gasteiger partial charge in [-0.15, -0.1) is 0 Å². The summed E-state index contributed by atoms with van der Waals surface area (Å²) in [6.07, 6.45) is -4.42. The standard InChI is InChI=1S/C30H25F3N2O2/c1-19-8-14-26-24(16-19)25-17-20(28(37)34-29(2,18-36)21-6-4-3-5-7-21)9-15-27(25)35(26)23-12-10-22(11-13-23)30(31,32)33/h3-17,36H,18H2,1-2H3,(H,34,37). The lowest BCUT2D eigenvalue weighted by atomic mass is 9.92. The minimum absolute atomic E-state index is 0.280. The van der Waals surface area contributed by atoms with Crippen LogP contribution in [0.2, 0.25) is 0 Å². The van der Waals surface area contributed by atoms with Crippen LogP contribution in [0.3, 0.4) is 0 Å². The Morgan fingerprint density at radius 2 is 1.46 bits per heavy atom. The molecule has 0 radical (unpaired) electrons. The van der Waals surface area contributed by atoms with E-state index in [-0.39, 0.29) is 12.5 Å². The van der Waals surface area contributed by atoms with Gasteiger partial charge < -0.3 is 15.0 Å². The molecule has 0 aliphatic carbocycles. The highest BCUT2D eigenvalue weighted by Crippen LogP contribution is 2.35. The Hall–Kier alpha value is -4.10. The third-order valence-electron chi connectivity index (χ3n) is 6.75. The molecule has 1 unspecified atom stereocenters. The average Bonchev–Trinajstić information content (AvgIpc) is 3.21. The van der Waals surface area contributed by atoms with Gasteiger partial charge in [-0.2, -0.15) is 13.2 Å². The van der Waals surface area contributed by atoms with E-state index in [9.17, 15) is 23.1 Å². The van der Waals surface area contributed by atoms with E-state index >= 15 is 0 Å². The smallest absolute Gasteiger partial charge is 0.394 e. The number of amides is 1. The van der Waals surface area contributed by atoms with Crippen molar-refractivity contribution in [2.75, 3.05) is 6.61 Å². The molecular formula is C30H25F3N2O2. The van der Waals surface area contributed by atoms with Crippen LogP contribution in [-0.4, -0.2) is 22.2 Å². The molecule has 0 spiro atoms. The van der Waals surface area contributed by atoms with Gasteiger partial charge in [0.05, 0.1) is 28.7 Å². The summed E-state index contributed by atoms with van der Waals surface area (Å²) in [7, 11) is 0. The van der Waals surface area contributed by atoms with Gasteiger partial charge in [-0.1, -0.05) is 42.0 Å². The van der Waals surface area contributed by atoms with Gasteiger partial charge in [-0.3, -0.25) is 4.79 Å². The molecule has 5 aromatic rings. The third kappa shape index (κ3) is 4.47. The van der Waals surface area contributed by atoms with Crippen molar-refractivity contribution < 1.29 is 23.1 Å². The van der Waals surface area contributed by atoms with Gasteiger partial charge in [0, 0.05) is 22.0 Å². The van der Waals surface area contributed by atoms with Gasteiger partial charge in [0.1, 0.15) is 0 Å². The Labute approximate surface area is 212 Å². The lowest BCUT2D eigenvalue weighted by molar-refractivity contribution is -0.137. The van der Waals surface area contributed by atoms with E-state index in [1.165, 1.54) is 12.1 Å². The normalized spacial score (nSPS) is 13.6. The van der Waals surface area contributed by atoms with E-state index in [4.69, 9.17) is 0 Å². The molecule has 1 amide bonds. The predicted octanol–water partition coefficient (Wildman–Crippen LogP) is 6.75. The van der Waals surface area contributed by atoms with E-state index in [1.54, 1.807) is 25.1 Å². The fraction of sp³-hybridized carbons (Fsp3) is 0.167. The van der Waals surface area contributed by atoms with Crippen LogP contribution in [-0.2, 0) is 11.7 Å². The molecule has 1 aromatic heterocycles. The topological polar surface area (TPSA) is 54.3 Å². The summed E-state index contributed by atoms with van der Waals surface area (Å²) < 4.78 is 41.3. The van der Waals surface area contributed by atoms with Crippen LogP contribution in [0, 0.1) is 6.92 Å². The maximum Gasteiger partial charge on any atom is 0.416 e. The Kier molecular flexibility index (Phi) is 6.04. The molecule has 0 saturated heterocycles. The summed E-state index contributed by atoms with van der Waals surface area (Å²) in [5, 5.41) is 14.7. The van der Waals surface area contributed by atoms with Crippen LogP contribution in [0.1, 0.15) is 34.0 Å². The molecule has 188 valence electrons. The first-order valence-corrected chi connectivity index (χ1v) is 11.8. The summed E-state index contributed by atoms with van der Waals surface area (Å²) in [6.45, 7) is 3.44. The van der Waals surface area contributed by atoms with Gasteiger partial charge in [-0.05, 0) is 74.0 Å². The third-order valence-corrected chi connectivity index (χ3v) is 6.75. The molecule has 2 N–H and O–H groups in total. The van der Waals surface area contributed by atoms with Crippen LogP contribution >= 0.6 is 0 Å². The maximum atomic E-state index is 13.3. The molecule has 0 fully saturated rings. The van der Waals surface area contributed by atoms with Crippen LogP contribution < -0.4 is 5.32 Å². The zero-order valence-corrected chi connectivity index (χ0v) is 20.3. The number of aliphatic hydroxyl groups is 1. The summed E-state index contributed by atoms with van der Waals surface area (Å²) in [5.41, 5.74) is 2.71. The van der Waals surface area contributed by atoms with Crippen LogP contribution in [0.15, 0.2) is 91.0 Å². The second-order valence-corrected chi connectivity index (χ2v) is 9.44. The molecule has 1 heterocycles. The number of alkyl halides is 3. The van der Waals surface area contributed by atoms with Gasteiger partial charge in [-0.25, -0.2) is 0 Å². The number of fused-ring (bicyclic) bond motifs is 3. The van der Waals surface area contributed by atoms with Crippen molar-refractivity contribution in [1.82, 2.24) is 9.88 Å². The number of nitrogens with one attached hydrogen (secondary N) is 1. The summed E-state index contributed by atoms with van der Waals surface area (Å²) >= 11 is 0. The summed E-state index contributed by atoms with van der Waals surface area (Å²) in [4.78, 5) is 13.3. The number of rotatable bonds is 5. The monoisotopic (exact) mass is 502 g/mol. The number of nitrogens with zero attached hydrogens (tertiary/aromatic N) is 1. The Bertz CT molecular complexity index is 1610. The van der Waals surface area contributed by atoms with Crippen molar-refractivity contribution in [1.29, 1.82) is 0 Å². The number of aryl methyl sites for hydroxylation is 1. The number of halogens is 3. The molecule has 4 aromatic carbocycles. The maximum absolute atomic E-state index is 13.3. The van der Waals surface area contributed by atoms with Crippen LogP contribution in [0.5, 0.6) is 0 Å². The molecule has 37 heavy (non-hydrogen) atoms. The average molecular weight is 503 g/mol. The Morgan fingerprint density at radius 1 is 0.838 bits per heavy atom. The van der Waals surface area contributed by atoms with Crippen molar-refractivity contribution in [3.8, 4) is 5.69 Å². The lowest BCUT2D eigenvalue weighted by Crippen LogP contribution is -2.46. The Balaban J connectivity index is 1.60.